The maximum atomic E-state index is 12.0. The zero-order chi connectivity index (χ0) is 17.4. The Morgan fingerprint density at radius 3 is 1.83 bits per heavy atom. The normalized spacial score (nSPS) is 11.8. The van der Waals surface area contributed by atoms with Gasteiger partial charge < -0.3 is 10.6 Å². The molecule has 0 radical (unpaired) electrons. The average Bonchev–Trinajstić information content (AvgIpc) is 2.63. The molecule has 0 fully saturated rings. The Bertz CT molecular complexity index is 616. The highest BCUT2D eigenvalue weighted by atomic mass is 16.2. The summed E-state index contributed by atoms with van der Waals surface area (Å²) in [6.07, 6.45) is 0.787. The zero-order valence-electron chi connectivity index (χ0n) is 14.2. The predicted octanol–water partition coefficient (Wildman–Crippen LogP) is 2.85. The largest absolute Gasteiger partial charge is 0.347 e. The third-order valence-electron chi connectivity index (χ3n) is 4.07. The van der Waals surface area contributed by atoms with Crippen LogP contribution < -0.4 is 10.6 Å². The van der Waals surface area contributed by atoms with Crippen molar-refractivity contribution in [3.8, 4) is 0 Å². The van der Waals surface area contributed by atoms with Gasteiger partial charge in [-0.25, -0.2) is 0 Å². The van der Waals surface area contributed by atoms with E-state index in [4.69, 9.17) is 0 Å². The Balaban J connectivity index is 2.07. The summed E-state index contributed by atoms with van der Waals surface area (Å²) in [5, 5.41) is 5.44. The van der Waals surface area contributed by atoms with Crippen molar-refractivity contribution in [3.05, 3.63) is 71.8 Å². The van der Waals surface area contributed by atoms with E-state index in [1.807, 2.05) is 74.5 Å². The summed E-state index contributed by atoms with van der Waals surface area (Å²) in [7, 11) is 0. The number of benzene rings is 2. The second-order valence-corrected chi connectivity index (χ2v) is 5.87. The molecule has 4 heteroatoms. The standard InChI is InChI=1S/C20H24N2O2/c1-3-15(2)22-20(24)19(23)21-14-18(16-10-6-4-7-11-16)17-12-8-5-9-13-17/h4-13,15,18H,3,14H2,1-2H3,(H,21,23)(H,22,24)/t15-/m0/s1. The fourth-order valence-electron chi connectivity index (χ4n) is 2.47. The van der Waals surface area contributed by atoms with Crippen molar-refractivity contribution in [3.63, 3.8) is 0 Å². The molecular weight excluding hydrogens is 300 g/mol. The minimum Gasteiger partial charge on any atom is -0.347 e. The first-order valence-corrected chi connectivity index (χ1v) is 8.30. The number of carbonyl (C=O) groups is 2. The molecule has 24 heavy (non-hydrogen) atoms. The first-order chi connectivity index (χ1) is 11.6. The van der Waals surface area contributed by atoms with Crippen molar-refractivity contribution in [2.24, 2.45) is 0 Å². The van der Waals surface area contributed by atoms with Crippen LogP contribution in [0.15, 0.2) is 60.7 Å². The van der Waals surface area contributed by atoms with Crippen molar-refractivity contribution in [1.29, 1.82) is 0 Å². The molecule has 0 unspecified atom stereocenters. The second kappa shape index (κ2) is 8.87. The molecule has 0 bridgehead atoms. The van der Waals surface area contributed by atoms with Crippen LogP contribution in [0, 0.1) is 0 Å². The first-order valence-electron chi connectivity index (χ1n) is 8.30. The molecule has 4 nitrogen and oxygen atoms in total. The Morgan fingerprint density at radius 2 is 1.38 bits per heavy atom. The fourth-order valence-corrected chi connectivity index (χ4v) is 2.47. The summed E-state index contributed by atoms with van der Waals surface area (Å²) in [5.41, 5.74) is 2.21. The minimum atomic E-state index is -0.591. The molecular formula is C20H24N2O2. The smallest absolute Gasteiger partial charge is 0.309 e. The lowest BCUT2D eigenvalue weighted by molar-refractivity contribution is -0.139. The Labute approximate surface area is 143 Å². The van der Waals surface area contributed by atoms with Gasteiger partial charge in [0.1, 0.15) is 0 Å². The van der Waals surface area contributed by atoms with E-state index in [0.717, 1.165) is 17.5 Å². The van der Waals surface area contributed by atoms with E-state index in [1.54, 1.807) is 0 Å². The topological polar surface area (TPSA) is 58.2 Å². The Morgan fingerprint density at radius 1 is 0.875 bits per heavy atom. The number of nitrogens with one attached hydrogen (secondary N) is 2. The zero-order valence-corrected chi connectivity index (χ0v) is 14.2. The van der Waals surface area contributed by atoms with E-state index in [-0.39, 0.29) is 12.0 Å². The molecule has 0 aliphatic carbocycles. The van der Waals surface area contributed by atoms with Gasteiger partial charge in [-0.15, -0.1) is 0 Å². The van der Waals surface area contributed by atoms with Crippen LogP contribution in [-0.4, -0.2) is 24.4 Å². The summed E-state index contributed by atoms with van der Waals surface area (Å²) < 4.78 is 0. The van der Waals surface area contributed by atoms with E-state index in [2.05, 4.69) is 10.6 Å². The van der Waals surface area contributed by atoms with Gasteiger partial charge >= 0.3 is 11.8 Å². The van der Waals surface area contributed by atoms with Gasteiger partial charge in [0.25, 0.3) is 0 Å². The molecule has 0 aliphatic heterocycles. The van der Waals surface area contributed by atoms with Crippen LogP contribution in [0.2, 0.25) is 0 Å². The van der Waals surface area contributed by atoms with Gasteiger partial charge in [0.15, 0.2) is 0 Å². The van der Waals surface area contributed by atoms with Gasteiger partial charge in [0.05, 0.1) is 0 Å². The number of carbonyl (C=O) groups excluding carboxylic acids is 2. The monoisotopic (exact) mass is 324 g/mol. The quantitative estimate of drug-likeness (QED) is 0.803. The molecule has 0 spiro atoms. The van der Waals surface area contributed by atoms with Crippen LogP contribution in [0.4, 0.5) is 0 Å². The van der Waals surface area contributed by atoms with Crippen molar-refractivity contribution in [2.45, 2.75) is 32.2 Å². The lowest BCUT2D eigenvalue weighted by Gasteiger charge is -2.19. The molecule has 2 aromatic carbocycles. The van der Waals surface area contributed by atoms with Gasteiger partial charge in [-0.1, -0.05) is 67.6 Å². The summed E-state index contributed by atoms with van der Waals surface area (Å²) in [6, 6.07) is 19.9. The van der Waals surface area contributed by atoms with E-state index < -0.39 is 11.8 Å². The van der Waals surface area contributed by atoms with Gasteiger partial charge in [-0.05, 0) is 24.5 Å². The molecule has 0 heterocycles. The van der Waals surface area contributed by atoms with Crippen LogP contribution in [0.25, 0.3) is 0 Å². The molecule has 0 aliphatic rings. The average molecular weight is 324 g/mol. The van der Waals surface area contributed by atoms with Crippen LogP contribution in [0.5, 0.6) is 0 Å². The lowest BCUT2D eigenvalue weighted by atomic mass is 9.91. The highest BCUT2D eigenvalue weighted by molar-refractivity contribution is 6.35. The summed E-state index contributed by atoms with van der Waals surface area (Å²) in [6.45, 7) is 4.21. The second-order valence-electron chi connectivity index (χ2n) is 5.87. The number of hydrogen-bond donors (Lipinski definition) is 2. The van der Waals surface area contributed by atoms with E-state index in [1.165, 1.54) is 0 Å². The van der Waals surface area contributed by atoms with E-state index in [0.29, 0.717) is 6.54 Å². The van der Waals surface area contributed by atoms with Crippen LogP contribution >= 0.6 is 0 Å². The maximum absolute atomic E-state index is 12.0. The van der Waals surface area contributed by atoms with Gasteiger partial charge in [-0.3, -0.25) is 9.59 Å². The summed E-state index contributed by atoms with van der Waals surface area (Å²) in [5.74, 6) is -1.16. The van der Waals surface area contributed by atoms with Crippen molar-refractivity contribution in [2.75, 3.05) is 6.54 Å². The van der Waals surface area contributed by atoms with Crippen LogP contribution in [0.3, 0.4) is 0 Å². The molecule has 0 saturated heterocycles. The molecule has 2 rings (SSSR count). The molecule has 2 N–H and O–H groups in total. The third-order valence-corrected chi connectivity index (χ3v) is 4.07. The van der Waals surface area contributed by atoms with Crippen LogP contribution in [0.1, 0.15) is 37.3 Å². The fraction of sp³-hybridized carbons (Fsp3) is 0.300. The highest BCUT2D eigenvalue weighted by Crippen LogP contribution is 2.23. The Kier molecular flexibility index (Phi) is 6.55. The van der Waals surface area contributed by atoms with Crippen molar-refractivity contribution < 1.29 is 9.59 Å². The minimum absolute atomic E-state index is 0.00717. The van der Waals surface area contributed by atoms with Gasteiger partial charge in [0, 0.05) is 18.5 Å². The molecule has 2 amide bonds. The molecule has 126 valence electrons. The van der Waals surface area contributed by atoms with Crippen molar-refractivity contribution >= 4 is 11.8 Å². The van der Waals surface area contributed by atoms with E-state index in [9.17, 15) is 9.59 Å². The highest BCUT2D eigenvalue weighted by Gasteiger charge is 2.19. The molecule has 0 saturated carbocycles. The first kappa shape index (κ1) is 17.7. The third kappa shape index (κ3) is 4.95. The SMILES string of the molecule is CC[C@H](C)NC(=O)C(=O)NCC(c1ccccc1)c1ccccc1. The predicted molar refractivity (Wildman–Crippen MR) is 95.6 cm³/mol. The van der Waals surface area contributed by atoms with Gasteiger partial charge in [0.2, 0.25) is 0 Å². The van der Waals surface area contributed by atoms with Crippen LogP contribution in [-0.2, 0) is 9.59 Å². The van der Waals surface area contributed by atoms with Gasteiger partial charge in [-0.2, -0.15) is 0 Å². The number of hydrogen-bond acceptors (Lipinski definition) is 2. The Hall–Kier alpha value is -2.62. The van der Waals surface area contributed by atoms with Crippen molar-refractivity contribution in [1.82, 2.24) is 10.6 Å². The molecule has 0 aromatic heterocycles. The number of amides is 2. The van der Waals surface area contributed by atoms with E-state index >= 15 is 0 Å². The summed E-state index contributed by atoms with van der Waals surface area (Å²) in [4.78, 5) is 23.9. The molecule has 2 aromatic rings. The molecule has 1 atom stereocenters. The number of rotatable bonds is 6. The summed E-state index contributed by atoms with van der Waals surface area (Å²) >= 11 is 0. The lowest BCUT2D eigenvalue weighted by Crippen LogP contribution is -2.44. The maximum Gasteiger partial charge on any atom is 0.309 e.